The molecule has 17 heavy (non-hydrogen) atoms. The van der Waals surface area contributed by atoms with Gasteiger partial charge in [0, 0.05) is 25.2 Å². The van der Waals surface area contributed by atoms with Crippen LogP contribution in [0.4, 0.5) is 15.8 Å². The average Bonchev–Trinajstić information content (AvgIpc) is 2.29. The molecule has 0 aliphatic rings. The van der Waals surface area contributed by atoms with Crippen molar-refractivity contribution in [2.24, 2.45) is 0 Å². The van der Waals surface area contributed by atoms with Gasteiger partial charge in [0.2, 0.25) is 0 Å². The lowest BCUT2D eigenvalue weighted by Crippen LogP contribution is -2.27. The first kappa shape index (κ1) is 13.9. The topological polar surface area (TPSA) is 66.6 Å². The molecule has 7 heteroatoms. The highest BCUT2D eigenvalue weighted by Crippen LogP contribution is 2.33. The summed E-state index contributed by atoms with van der Waals surface area (Å²) in [6.45, 7) is 2.29. The Balaban J connectivity index is 3.28. The van der Waals surface area contributed by atoms with E-state index in [1.54, 1.807) is 11.8 Å². The Kier molecular flexibility index (Phi) is 4.83. The molecule has 0 radical (unpaired) electrons. The Morgan fingerprint density at radius 1 is 1.59 bits per heavy atom. The van der Waals surface area contributed by atoms with E-state index in [9.17, 15) is 14.5 Å². The highest BCUT2D eigenvalue weighted by atomic mass is 79.9. The summed E-state index contributed by atoms with van der Waals surface area (Å²) in [5, 5.41) is 19.8. The van der Waals surface area contributed by atoms with Gasteiger partial charge in [-0.15, -0.1) is 0 Å². The summed E-state index contributed by atoms with van der Waals surface area (Å²) in [7, 11) is 0. The van der Waals surface area contributed by atoms with Gasteiger partial charge in [-0.1, -0.05) is 0 Å². The normalized spacial score (nSPS) is 10.4. The molecule has 0 heterocycles. The van der Waals surface area contributed by atoms with Crippen molar-refractivity contribution in [2.45, 2.75) is 6.92 Å². The lowest BCUT2D eigenvalue weighted by Gasteiger charge is -2.21. The summed E-state index contributed by atoms with van der Waals surface area (Å²) in [6.07, 6.45) is 0. The van der Waals surface area contributed by atoms with Crippen molar-refractivity contribution in [1.82, 2.24) is 0 Å². The molecule has 0 fully saturated rings. The lowest BCUT2D eigenvalue weighted by molar-refractivity contribution is -0.384. The van der Waals surface area contributed by atoms with Gasteiger partial charge in [0.25, 0.3) is 5.69 Å². The van der Waals surface area contributed by atoms with Crippen molar-refractivity contribution in [3.8, 4) is 0 Å². The molecule has 5 nitrogen and oxygen atoms in total. The van der Waals surface area contributed by atoms with Gasteiger partial charge in [0.15, 0.2) is 0 Å². The molecule has 0 aromatic heterocycles. The van der Waals surface area contributed by atoms with Crippen LogP contribution in [0.3, 0.4) is 0 Å². The molecule has 1 rings (SSSR count). The Hall–Kier alpha value is -1.21. The van der Waals surface area contributed by atoms with Gasteiger partial charge in [0.1, 0.15) is 11.5 Å². The number of nitro groups is 1. The Bertz CT molecular complexity index is 428. The quantitative estimate of drug-likeness (QED) is 0.669. The molecule has 0 unspecified atom stereocenters. The zero-order valence-electron chi connectivity index (χ0n) is 9.19. The van der Waals surface area contributed by atoms with E-state index in [-0.39, 0.29) is 29.0 Å². The predicted octanol–water partition coefficient (Wildman–Crippen LogP) is 2.32. The average molecular weight is 307 g/mol. The van der Waals surface area contributed by atoms with Gasteiger partial charge >= 0.3 is 0 Å². The van der Waals surface area contributed by atoms with Crippen LogP contribution in [0.15, 0.2) is 16.6 Å². The molecule has 1 aromatic rings. The van der Waals surface area contributed by atoms with Crippen molar-refractivity contribution >= 4 is 27.3 Å². The van der Waals surface area contributed by atoms with E-state index in [1.165, 1.54) is 0 Å². The SMILES string of the molecule is CCN(CCO)c1cc(F)c(Br)cc1[N+](=O)[O-]. The van der Waals surface area contributed by atoms with Gasteiger partial charge < -0.3 is 10.0 Å². The number of hydrogen-bond donors (Lipinski definition) is 1. The van der Waals surface area contributed by atoms with Gasteiger partial charge in [-0.25, -0.2) is 4.39 Å². The van der Waals surface area contributed by atoms with E-state index in [0.29, 0.717) is 6.54 Å². The van der Waals surface area contributed by atoms with Crippen LogP contribution >= 0.6 is 15.9 Å². The zero-order valence-corrected chi connectivity index (χ0v) is 10.8. The second kappa shape index (κ2) is 5.92. The highest BCUT2D eigenvalue weighted by molar-refractivity contribution is 9.10. The number of halogens is 2. The van der Waals surface area contributed by atoms with Gasteiger partial charge in [0.05, 0.1) is 16.0 Å². The molecule has 0 spiro atoms. The van der Waals surface area contributed by atoms with Gasteiger partial charge in [-0.2, -0.15) is 0 Å². The van der Waals surface area contributed by atoms with E-state index in [2.05, 4.69) is 15.9 Å². The Morgan fingerprint density at radius 3 is 2.71 bits per heavy atom. The molecule has 0 bridgehead atoms. The number of aliphatic hydroxyl groups is 1. The second-order valence-corrected chi connectivity index (χ2v) is 4.17. The van der Waals surface area contributed by atoms with Crippen molar-refractivity contribution in [2.75, 3.05) is 24.6 Å². The lowest BCUT2D eigenvalue weighted by atomic mass is 10.2. The molecule has 1 N–H and O–H groups in total. The summed E-state index contributed by atoms with van der Waals surface area (Å²) in [5.41, 5.74) is -0.0131. The smallest absolute Gasteiger partial charge is 0.293 e. The van der Waals surface area contributed by atoms with Crippen molar-refractivity contribution < 1.29 is 14.4 Å². The summed E-state index contributed by atoms with van der Waals surface area (Å²) in [5.74, 6) is -0.568. The fraction of sp³-hybridized carbons (Fsp3) is 0.400. The minimum absolute atomic E-state index is 0.0491. The van der Waals surface area contributed by atoms with E-state index < -0.39 is 10.7 Å². The van der Waals surface area contributed by atoms with Crippen LogP contribution < -0.4 is 4.90 Å². The third-order valence-corrected chi connectivity index (χ3v) is 2.91. The number of anilines is 1. The first-order valence-electron chi connectivity index (χ1n) is 5.00. The summed E-state index contributed by atoms with van der Waals surface area (Å²) in [4.78, 5) is 11.9. The molecule has 0 aliphatic heterocycles. The maximum Gasteiger partial charge on any atom is 0.293 e. The van der Waals surface area contributed by atoms with Crippen molar-refractivity contribution in [3.63, 3.8) is 0 Å². The molecule has 94 valence electrons. The number of nitro benzene ring substituents is 1. The van der Waals surface area contributed by atoms with Crippen molar-refractivity contribution in [1.29, 1.82) is 0 Å². The van der Waals surface area contributed by atoms with Crippen LogP contribution in [-0.4, -0.2) is 29.7 Å². The third kappa shape index (κ3) is 3.13. The summed E-state index contributed by atoms with van der Waals surface area (Å²) in [6, 6.07) is 2.23. The molecular formula is C10H12BrFN2O3. The summed E-state index contributed by atoms with van der Waals surface area (Å²) >= 11 is 2.91. The van der Waals surface area contributed by atoms with Crippen LogP contribution in [0.1, 0.15) is 6.92 Å². The first-order valence-corrected chi connectivity index (χ1v) is 5.79. The summed E-state index contributed by atoms with van der Waals surface area (Å²) < 4.78 is 13.5. The zero-order chi connectivity index (χ0) is 13.0. The standard InChI is InChI=1S/C10H12BrFN2O3/c1-2-13(3-4-15)9-6-8(12)7(11)5-10(9)14(16)17/h5-6,15H,2-4H2,1H3. The number of rotatable bonds is 5. The monoisotopic (exact) mass is 306 g/mol. The number of nitrogens with zero attached hydrogens (tertiary/aromatic N) is 2. The fourth-order valence-electron chi connectivity index (χ4n) is 1.49. The van der Waals surface area contributed by atoms with Crippen LogP contribution in [0.25, 0.3) is 0 Å². The third-order valence-electron chi connectivity index (χ3n) is 2.31. The largest absolute Gasteiger partial charge is 0.395 e. The van der Waals surface area contributed by atoms with Crippen LogP contribution in [-0.2, 0) is 0 Å². The van der Waals surface area contributed by atoms with Crippen LogP contribution in [0.2, 0.25) is 0 Å². The van der Waals surface area contributed by atoms with E-state index in [4.69, 9.17) is 5.11 Å². The first-order chi connectivity index (χ1) is 8.01. The Labute approximate surface area is 106 Å². The molecule has 1 aromatic carbocycles. The number of aliphatic hydroxyl groups excluding tert-OH is 1. The minimum atomic E-state index is -0.570. The molecule has 0 amide bonds. The molecule has 0 saturated carbocycles. The van der Waals surface area contributed by atoms with E-state index in [1.807, 2.05) is 0 Å². The van der Waals surface area contributed by atoms with Crippen molar-refractivity contribution in [3.05, 3.63) is 32.5 Å². The van der Waals surface area contributed by atoms with E-state index in [0.717, 1.165) is 12.1 Å². The van der Waals surface area contributed by atoms with Gasteiger partial charge in [-0.05, 0) is 22.9 Å². The minimum Gasteiger partial charge on any atom is -0.395 e. The molecular weight excluding hydrogens is 295 g/mol. The fourth-order valence-corrected chi connectivity index (χ4v) is 1.83. The highest BCUT2D eigenvalue weighted by Gasteiger charge is 2.21. The van der Waals surface area contributed by atoms with E-state index >= 15 is 0 Å². The molecule has 0 atom stereocenters. The second-order valence-electron chi connectivity index (χ2n) is 3.32. The van der Waals surface area contributed by atoms with Crippen LogP contribution in [0.5, 0.6) is 0 Å². The van der Waals surface area contributed by atoms with Gasteiger partial charge in [-0.3, -0.25) is 10.1 Å². The predicted molar refractivity (Wildman–Crippen MR) is 65.7 cm³/mol. The maximum atomic E-state index is 13.4. The number of hydrogen-bond acceptors (Lipinski definition) is 4. The number of benzene rings is 1. The molecule has 0 saturated heterocycles. The maximum absolute atomic E-state index is 13.4. The molecule has 0 aliphatic carbocycles. The Morgan fingerprint density at radius 2 is 2.24 bits per heavy atom. The van der Waals surface area contributed by atoms with Crippen LogP contribution in [0, 0.1) is 15.9 Å². The number of likely N-dealkylation sites (N-methyl/N-ethyl adjacent to an activating group) is 1.